The Kier molecular flexibility index (Phi) is 6.57. The number of morpholine rings is 1. The Balaban J connectivity index is 1.82. The molecule has 0 aliphatic carbocycles. The lowest BCUT2D eigenvalue weighted by molar-refractivity contribution is -0.384. The van der Waals surface area contributed by atoms with Crippen LogP contribution in [-0.4, -0.2) is 61.6 Å². The molecule has 0 unspecified atom stereocenters. The highest BCUT2D eigenvalue weighted by Crippen LogP contribution is 2.26. The Morgan fingerprint density at radius 2 is 2.17 bits per heavy atom. The maximum Gasteiger partial charge on any atom is 0.331 e. The molecule has 2 heterocycles. The first-order valence-electron chi connectivity index (χ1n) is 8.49. The van der Waals surface area contributed by atoms with Crippen molar-refractivity contribution in [3.05, 3.63) is 44.9 Å². The second-order valence-corrected chi connectivity index (χ2v) is 6.87. The average Bonchev–Trinajstić information content (AvgIpc) is 3.07. The molecule has 0 atom stereocenters. The van der Waals surface area contributed by atoms with Crippen molar-refractivity contribution in [2.45, 2.75) is 0 Å². The molecule has 0 bridgehead atoms. The molecule has 2 aliphatic heterocycles. The van der Waals surface area contributed by atoms with Gasteiger partial charge in [0.25, 0.3) is 11.6 Å². The predicted molar refractivity (Wildman–Crippen MR) is 107 cm³/mol. The van der Waals surface area contributed by atoms with Crippen LogP contribution in [0.5, 0.6) is 0 Å². The lowest BCUT2D eigenvalue weighted by Crippen LogP contribution is -2.36. The van der Waals surface area contributed by atoms with Crippen molar-refractivity contribution in [3.8, 4) is 0 Å². The summed E-state index contributed by atoms with van der Waals surface area (Å²) in [7, 11) is 1.21. The second-order valence-electron chi connectivity index (χ2n) is 5.84. The molecule has 0 spiro atoms. The van der Waals surface area contributed by atoms with Crippen molar-refractivity contribution in [1.29, 1.82) is 0 Å². The van der Waals surface area contributed by atoms with E-state index in [0.29, 0.717) is 31.9 Å². The topological polar surface area (TPSA) is 136 Å². The Bertz CT molecular complexity index is 923. The molecule has 0 aromatic heterocycles. The van der Waals surface area contributed by atoms with Crippen molar-refractivity contribution < 1.29 is 24.0 Å². The van der Waals surface area contributed by atoms with Gasteiger partial charge in [-0.3, -0.25) is 20.2 Å². The predicted octanol–water partition coefficient (Wildman–Crippen LogP) is 1.04. The van der Waals surface area contributed by atoms with E-state index in [9.17, 15) is 19.7 Å². The van der Waals surface area contributed by atoms with Crippen molar-refractivity contribution in [3.63, 3.8) is 0 Å². The standard InChI is InChI=1S/C17H17N5O6S/c1-27-15(23)9-14-16(24)19-17(29-14)20-18-10-11-8-12(22(25)26)2-3-13(11)21-4-6-28-7-5-21/h2-3,8-10H,4-7H2,1H3,(H,19,20,24)/b14-9+,18-10?. The summed E-state index contributed by atoms with van der Waals surface area (Å²) in [5.74, 6) is -1.14. The minimum atomic E-state index is -0.654. The van der Waals surface area contributed by atoms with E-state index >= 15 is 0 Å². The second kappa shape index (κ2) is 9.30. The first-order valence-corrected chi connectivity index (χ1v) is 9.30. The molecule has 29 heavy (non-hydrogen) atoms. The van der Waals surface area contributed by atoms with E-state index in [1.54, 1.807) is 6.07 Å². The number of nitro groups is 1. The number of hydrogen-bond donors (Lipinski definition) is 1. The van der Waals surface area contributed by atoms with E-state index < -0.39 is 16.8 Å². The van der Waals surface area contributed by atoms with Crippen LogP contribution < -0.4 is 10.2 Å². The van der Waals surface area contributed by atoms with Gasteiger partial charge in [0, 0.05) is 42.5 Å². The highest BCUT2D eigenvalue weighted by Gasteiger charge is 2.25. The SMILES string of the molecule is COC(=O)/C=C1/S/C(=N\N=Cc2cc([N+](=O)[O-])ccc2N2CCOCC2)NC1=O. The Hall–Kier alpha value is -3.25. The smallest absolute Gasteiger partial charge is 0.331 e. The third-order valence-corrected chi connectivity index (χ3v) is 4.92. The molecule has 0 radical (unpaired) electrons. The average molecular weight is 419 g/mol. The largest absolute Gasteiger partial charge is 0.466 e. The molecule has 2 aliphatic rings. The summed E-state index contributed by atoms with van der Waals surface area (Å²) in [5.41, 5.74) is 1.23. The van der Waals surface area contributed by atoms with Gasteiger partial charge in [-0.1, -0.05) is 0 Å². The zero-order chi connectivity index (χ0) is 20.8. The number of nitrogens with zero attached hydrogens (tertiary/aromatic N) is 4. The van der Waals surface area contributed by atoms with Crippen LogP contribution in [0, 0.1) is 10.1 Å². The molecule has 1 aromatic carbocycles. The van der Waals surface area contributed by atoms with Crippen LogP contribution in [0.4, 0.5) is 11.4 Å². The number of carbonyl (C=O) groups is 2. The third-order valence-electron chi connectivity index (χ3n) is 4.02. The van der Waals surface area contributed by atoms with E-state index in [-0.39, 0.29) is 15.8 Å². The fourth-order valence-corrected chi connectivity index (χ4v) is 3.37. The molecule has 152 valence electrons. The number of carbonyl (C=O) groups excluding carboxylic acids is 2. The highest BCUT2D eigenvalue weighted by molar-refractivity contribution is 8.18. The van der Waals surface area contributed by atoms with Gasteiger partial charge in [0.15, 0.2) is 5.17 Å². The van der Waals surface area contributed by atoms with Crippen LogP contribution >= 0.6 is 11.8 Å². The summed E-state index contributed by atoms with van der Waals surface area (Å²) in [6.45, 7) is 2.43. The van der Waals surface area contributed by atoms with E-state index in [4.69, 9.17) is 4.74 Å². The van der Waals surface area contributed by atoms with Crippen LogP contribution in [0.1, 0.15) is 5.56 Å². The molecule has 12 heteroatoms. The molecule has 11 nitrogen and oxygen atoms in total. The van der Waals surface area contributed by atoms with E-state index in [0.717, 1.165) is 23.5 Å². The lowest BCUT2D eigenvalue weighted by atomic mass is 10.1. The third kappa shape index (κ3) is 5.18. The first kappa shape index (κ1) is 20.5. The van der Waals surface area contributed by atoms with E-state index in [2.05, 4.69) is 20.3 Å². The normalized spacial score (nSPS) is 19.8. The van der Waals surface area contributed by atoms with Gasteiger partial charge in [0.1, 0.15) is 0 Å². The zero-order valence-corrected chi connectivity index (χ0v) is 16.2. The number of anilines is 1. The molecule has 0 saturated carbocycles. The number of rotatable bonds is 5. The molecule has 2 fully saturated rings. The number of amides is 1. The van der Waals surface area contributed by atoms with Crippen molar-refractivity contribution in [1.82, 2.24) is 5.32 Å². The number of amidine groups is 1. The molecular weight excluding hydrogens is 402 g/mol. The number of non-ortho nitro benzene ring substituents is 1. The first-order chi connectivity index (χ1) is 14.0. The molecule has 2 saturated heterocycles. The molecule has 1 amide bonds. The summed E-state index contributed by atoms with van der Waals surface area (Å²) in [6, 6.07) is 4.52. The van der Waals surface area contributed by atoms with Crippen LogP contribution in [-0.2, 0) is 19.1 Å². The van der Waals surface area contributed by atoms with Crippen LogP contribution in [0.25, 0.3) is 0 Å². The van der Waals surface area contributed by atoms with Crippen LogP contribution in [0.3, 0.4) is 0 Å². The van der Waals surface area contributed by atoms with Crippen molar-refractivity contribution in [2.75, 3.05) is 38.3 Å². The fourth-order valence-electron chi connectivity index (χ4n) is 2.64. The number of nitrogens with one attached hydrogen (secondary N) is 1. The Morgan fingerprint density at radius 3 is 2.86 bits per heavy atom. The van der Waals surface area contributed by atoms with E-state index in [1.807, 2.05) is 4.90 Å². The molecule has 3 rings (SSSR count). The number of hydrogen-bond acceptors (Lipinski definition) is 10. The number of benzene rings is 1. The molecule has 1 aromatic rings. The van der Waals surface area contributed by atoms with E-state index in [1.165, 1.54) is 25.5 Å². The van der Waals surface area contributed by atoms with Crippen LogP contribution in [0.2, 0.25) is 0 Å². The Labute approximate surface area is 169 Å². The molecular formula is C17H17N5O6S. The van der Waals surface area contributed by atoms with Gasteiger partial charge < -0.3 is 14.4 Å². The minimum Gasteiger partial charge on any atom is -0.466 e. The number of esters is 1. The maximum atomic E-state index is 11.8. The monoisotopic (exact) mass is 419 g/mol. The van der Waals surface area contributed by atoms with Gasteiger partial charge in [0.2, 0.25) is 0 Å². The quantitative estimate of drug-likeness (QED) is 0.246. The highest BCUT2D eigenvalue weighted by atomic mass is 32.2. The van der Waals surface area contributed by atoms with Gasteiger partial charge in [-0.2, -0.15) is 5.10 Å². The van der Waals surface area contributed by atoms with Gasteiger partial charge >= 0.3 is 5.97 Å². The van der Waals surface area contributed by atoms with Gasteiger partial charge in [0.05, 0.1) is 36.4 Å². The Morgan fingerprint density at radius 1 is 1.41 bits per heavy atom. The van der Waals surface area contributed by atoms with Crippen molar-refractivity contribution in [2.24, 2.45) is 10.2 Å². The minimum absolute atomic E-state index is 0.0667. The summed E-state index contributed by atoms with van der Waals surface area (Å²) in [6.07, 6.45) is 2.45. The van der Waals surface area contributed by atoms with Gasteiger partial charge in [-0.05, 0) is 17.8 Å². The van der Waals surface area contributed by atoms with Gasteiger partial charge in [-0.25, -0.2) is 4.79 Å². The summed E-state index contributed by atoms with van der Waals surface area (Å²) in [5, 5.41) is 21.6. The van der Waals surface area contributed by atoms with Crippen molar-refractivity contribution >= 4 is 46.4 Å². The number of methoxy groups -OCH3 is 1. The lowest BCUT2D eigenvalue weighted by Gasteiger charge is -2.29. The zero-order valence-electron chi connectivity index (χ0n) is 15.4. The number of nitro benzene ring substituents is 1. The number of thioether (sulfide) groups is 1. The summed E-state index contributed by atoms with van der Waals surface area (Å²) in [4.78, 5) is 35.9. The fraction of sp³-hybridized carbons (Fsp3) is 0.294. The van der Waals surface area contributed by atoms with Crippen LogP contribution in [0.15, 0.2) is 39.4 Å². The maximum absolute atomic E-state index is 11.8. The summed E-state index contributed by atoms with van der Waals surface area (Å²) < 4.78 is 9.83. The van der Waals surface area contributed by atoms with Gasteiger partial charge in [-0.15, -0.1) is 5.10 Å². The molecule has 1 N–H and O–H groups in total. The number of ether oxygens (including phenoxy) is 2. The summed E-state index contributed by atoms with van der Waals surface area (Å²) >= 11 is 0.939.